The quantitative estimate of drug-likeness (QED) is 0.247. The molecule has 0 N–H and O–H groups in total. The molecule has 0 atom stereocenters. The molecule has 1 aromatic heterocycles. The van der Waals surface area contributed by atoms with Crippen molar-refractivity contribution in [3.05, 3.63) is 115 Å². The van der Waals surface area contributed by atoms with E-state index in [0.29, 0.717) is 5.56 Å². The van der Waals surface area contributed by atoms with Crippen LogP contribution in [0.1, 0.15) is 5.56 Å². The van der Waals surface area contributed by atoms with Crippen molar-refractivity contribution in [3.8, 4) is 11.8 Å². The van der Waals surface area contributed by atoms with Gasteiger partial charge in [-0.1, -0.05) is 84.9 Å². The summed E-state index contributed by atoms with van der Waals surface area (Å²) in [4.78, 5) is 0. The number of nitrogens with zero attached hydrogens (tertiary/aromatic N) is 2. The van der Waals surface area contributed by atoms with Gasteiger partial charge in [0.1, 0.15) is 0 Å². The van der Waals surface area contributed by atoms with E-state index in [2.05, 4.69) is 108 Å². The van der Waals surface area contributed by atoms with Gasteiger partial charge in [0, 0.05) is 27.2 Å². The Morgan fingerprint density at radius 1 is 0.485 bits per heavy atom. The molecular weight excluding hydrogens is 400 g/mol. The Bertz CT molecular complexity index is 1920. The van der Waals surface area contributed by atoms with Crippen molar-refractivity contribution in [2.75, 3.05) is 0 Å². The number of aromatic nitrogens is 1. The molecule has 0 radical (unpaired) electrons. The molecule has 2 nitrogen and oxygen atoms in total. The molecule has 0 amide bonds. The molecule has 0 spiro atoms. The average molecular weight is 418 g/mol. The summed E-state index contributed by atoms with van der Waals surface area (Å²) >= 11 is 0. The highest BCUT2D eigenvalue weighted by Gasteiger charge is 2.20. The second kappa shape index (κ2) is 6.69. The fourth-order valence-electron chi connectivity index (χ4n) is 5.38. The standard InChI is InChI=1S/C31H18N2/c32-19-20-13-16-22(17-14-20)33-30-23-8-2-1-7-21(23)15-18-28(30)29-26-11-5-3-9-24(26)25-10-4-6-12-27(25)31(29)33/h1-18H. The Kier molecular flexibility index (Phi) is 3.65. The van der Waals surface area contributed by atoms with Crippen LogP contribution in [-0.2, 0) is 0 Å². The first-order valence-electron chi connectivity index (χ1n) is 11.1. The molecule has 0 saturated heterocycles. The lowest BCUT2D eigenvalue weighted by atomic mass is 9.96. The number of rotatable bonds is 1. The lowest BCUT2D eigenvalue weighted by Crippen LogP contribution is -1.95. The summed E-state index contributed by atoms with van der Waals surface area (Å²) in [5.74, 6) is 0. The third-order valence-electron chi connectivity index (χ3n) is 6.78. The molecule has 1 heterocycles. The molecule has 0 unspecified atom stereocenters. The van der Waals surface area contributed by atoms with Crippen molar-refractivity contribution >= 4 is 54.1 Å². The smallest absolute Gasteiger partial charge is 0.0991 e. The molecule has 152 valence electrons. The zero-order valence-electron chi connectivity index (χ0n) is 17.8. The first kappa shape index (κ1) is 18.0. The van der Waals surface area contributed by atoms with E-state index < -0.39 is 0 Å². The third-order valence-corrected chi connectivity index (χ3v) is 6.78. The van der Waals surface area contributed by atoms with E-state index in [1.165, 1.54) is 54.1 Å². The van der Waals surface area contributed by atoms with Crippen LogP contribution in [0.3, 0.4) is 0 Å². The molecule has 7 rings (SSSR count). The van der Waals surface area contributed by atoms with Crippen molar-refractivity contribution in [1.29, 1.82) is 5.26 Å². The first-order valence-corrected chi connectivity index (χ1v) is 11.1. The largest absolute Gasteiger partial charge is 0.308 e. The summed E-state index contributed by atoms with van der Waals surface area (Å²) in [7, 11) is 0. The maximum Gasteiger partial charge on any atom is 0.0991 e. The Balaban J connectivity index is 1.85. The molecule has 0 aliphatic heterocycles. The Hall–Kier alpha value is -4.61. The van der Waals surface area contributed by atoms with E-state index in [1.807, 2.05) is 12.1 Å². The molecule has 7 aromatic rings. The van der Waals surface area contributed by atoms with Crippen molar-refractivity contribution in [3.63, 3.8) is 0 Å². The number of hydrogen-bond acceptors (Lipinski definition) is 1. The van der Waals surface area contributed by atoms with Gasteiger partial charge in [-0.15, -0.1) is 0 Å². The van der Waals surface area contributed by atoms with Crippen molar-refractivity contribution in [2.45, 2.75) is 0 Å². The molecule has 0 fully saturated rings. The van der Waals surface area contributed by atoms with E-state index in [9.17, 15) is 5.26 Å². The van der Waals surface area contributed by atoms with Gasteiger partial charge in [0.25, 0.3) is 0 Å². The predicted molar refractivity (Wildman–Crippen MR) is 138 cm³/mol. The first-order chi connectivity index (χ1) is 16.3. The van der Waals surface area contributed by atoms with Crippen LogP contribution < -0.4 is 0 Å². The molecule has 2 heteroatoms. The molecule has 0 saturated carbocycles. The Morgan fingerprint density at radius 2 is 1.09 bits per heavy atom. The van der Waals surface area contributed by atoms with Gasteiger partial charge in [-0.3, -0.25) is 0 Å². The van der Waals surface area contributed by atoms with Crippen LogP contribution in [0.25, 0.3) is 59.8 Å². The lowest BCUT2D eigenvalue weighted by molar-refractivity contribution is 1.19. The van der Waals surface area contributed by atoms with E-state index in [4.69, 9.17) is 0 Å². The topological polar surface area (TPSA) is 28.7 Å². The summed E-state index contributed by atoms with van der Waals surface area (Å²) in [6.45, 7) is 0. The van der Waals surface area contributed by atoms with Gasteiger partial charge >= 0.3 is 0 Å². The summed E-state index contributed by atoms with van der Waals surface area (Å²) < 4.78 is 2.39. The number of benzene rings is 6. The Morgan fingerprint density at radius 3 is 1.82 bits per heavy atom. The highest BCUT2D eigenvalue weighted by atomic mass is 15.0. The minimum atomic E-state index is 0.666. The van der Waals surface area contributed by atoms with Crippen molar-refractivity contribution < 1.29 is 0 Å². The Labute approximate surface area is 190 Å². The zero-order chi connectivity index (χ0) is 21.9. The van der Waals surface area contributed by atoms with Crippen molar-refractivity contribution in [2.24, 2.45) is 0 Å². The minimum Gasteiger partial charge on any atom is -0.308 e. The lowest BCUT2D eigenvalue weighted by Gasteiger charge is -2.12. The number of nitriles is 1. The minimum absolute atomic E-state index is 0.666. The zero-order valence-corrected chi connectivity index (χ0v) is 17.8. The molecule has 0 bridgehead atoms. The van der Waals surface area contributed by atoms with E-state index in [0.717, 1.165) is 5.69 Å². The summed E-state index contributed by atoms with van der Waals surface area (Å²) in [5, 5.41) is 19.3. The van der Waals surface area contributed by atoms with Gasteiger partial charge in [0.05, 0.1) is 22.7 Å². The molecule has 6 aromatic carbocycles. The fourth-order valence-corrected chi connectivity index (χ4v) is 5.38. The number of hydrogen-bond donors (Lipinski definition) is 0. The normalized spacial score (nSPS) is 11.6. The van der Waals surface area contributed by atoms with Gasteiger partial charge in [-0.05, 0) is 45.8 Å². The molecule has 33 heavy (non-hydrogen) atoms. The second-order valence-corrected chi connectivity index (χ2v) is 8.49. The van der Waals surface area contributed by atoms with E-state index in [1.54, 1.807) is 0 Å². The van der Waals surface area contributed by atoms with Gasteiger partial charge in [-0.2, -0.15) is 5.26 Å². The summed E-state index contributed by atoms with van der Waals surface area (Å²) in [6, 6.07) is 40.6. The SMILES string of the molecule is N#Cc1ccc(-n2c3c4ccccc4ccc3c3c4ccccc4c4ccccc4c32)cc1. The van der Waals surface area contributed by atoms with Crippen LogP contribution >= 0.6 is 0 Å². The van der Waals surface area contributed by atoms with Crippen molar-refractivity contribution in [1.82, 2.24) is 4.57 Å². The van der Waals surface area contributed by atoms with Gasteiger partial charge in [0.15, 0.2) is 0 Å². The highest BCUT2D eigenvalue weighted by Crippen LogP contribution is 2.44. The van der Waals surface area contributed by atoms with Crippen LogP contribution in [0.4, 0.5) is 0 Å². The van der Waals surface area contributed by atoms with E-state index >= 15 is 0 Å². The molecular formula is C31H18N2. The third kappa shape index (κ3) is 2.42. The van der Waals surface area contributed by atoms with Crippen LogP contribution in [0.2, 0.25) is 0 Å². The van der Waals surface area contributed by atoms with Gasteiger partial charge in [-0.25, -0.2) is 0 Å². The summed E-state index contributed by atoms with van der Waals surface area (Å²) in [6.07, 6.45) is 0. The van der Waals surface area contributed by atoms with E-state index in [-0.39, 0.29) is 0 Å². The maximum atomic E-state index is 9.35. The molecule has 0 aliphatic rings. The number of fused-ring (bicyclic) bond motifs is 10. The van der Waals surface area contributed by atoms with Crippen LogP contribution in [0.5, 0.6) is 0 Å². The maximum absolute atomic E-state index is 9.35. The monoisotopic (exact) mass is 418 g/mol. The van der Waals surface area contributed by atoms with Gasteiger partial charge in [0.2, 0.25) is 0 Å². The van der Waals surface area contributed by atoms with Crippen LogP contribution in [0.15, 0.2) is 109 Å². The van der Waals surface area contributed by atoms with Crippen LogP contribution in [0, 0.1) is 11.3 Å². The average Bonchev–Trinajstić information content (AvgIpc) is 3.25. The highest BCUT2D eigenvalue weighted by molar-refractivity contribution is 6.34. The fraction of sp³-hybridized carbons (Fsp3) is 0. The van der Waals surface area contributed by atoms with Gasteiger partial charge < -0.3 is 4.57 Å². The van der Waals surface area contributed by atoms with Crippen LogP contribution in [-0.4, -0.2) is 4.57 Å². The second-order valence-electron chi connectivity index (χ2n) is 8.49. The predicted octanol–water partition coefficient (Wildman–Crippen LogP) is 8.11. The molecule has 0 aliphatic carbocycles. The summed E-state index contributed by atoms with van der Waals surface area (Å²) in [5.41, 5.74) is 4.14.